The molecule has 0 unspecified atom stereocenters. The number of nitrogens with one attached hydrogen (secondary N) is 2. The number of aryl methyl sites for hydroxylation is 1. The Balaban J connectivity index is 1.75. The highest BCUT2D eigenvalue weighted by Crippen LogP contribution is 2.27. The highest BCUT2D eigenvalue weighted by atomic mass is 16.5. The number of rotatable bonds is 9. The van der Waals surface area contributed by atoms with Gasteiger partial charge in [0.1, 0.15) is 12.2 Å². The first kappa shape index (κ1) is 15.3. The van der Waals surface area contributed by atoms with Gasteiger partial charge in [0.15, 0.2) is 11.5 Å². The Morgan fingerprint density at radius 3 is 2.90 bits per heavy atom. The normalized spacial score (nSPS) is 10.6. The molecule has 0 fully saturated rings. The van der Waals surface area contributed by atoms with Crippen LogP contribution in [0.1, 0.15) is 24.7 Å². The summed E-state index contributed by atoms with van der Waals surface area (Å²) >= 11 is 0. The van der Waals surface area contributed by atoms with Crippen LogP contribution >= 0.6 is 0 Å². The molecule has 6 heteroatoms. The summed E-state index contributed by atoms with van der Waals surface area (Å²) in [5, 5.41) is 10.1. The number of aromatic nitrogens is 3. The molecular formula is C15H22N4O2. The van der Waals surface area contributed by atoms with E-state index in [-0.39, 0.29) is 0 Å². The molecule has 0 aliphatic carbocycles. The maximum Gasteiger partial charge on any atom is 0.161 e. The fourth-order valence-electron chi connectivity index (χ4n) is 2.06. The quantitative estimate of drug-likeness (QED) is 0.690. The first-order chi connectivity index (χ1) is 10.3. The van der Waals surface area contributed by atoms with Crippen molar-refractivity contribution >= 4 is 0 Å². The summed E-state index contributed by atoms with van der Waals surface area (Å²) in [5.74, 6) is 2.49. The Kier molecular flexibility index (Phi) is 6.02. The van der Waals surface area contributed by atoms with Crippen molar-refractivity contribution in [2.45, 2.75) is 26.3 Å². The second-order valence-corrected chi connectivity index (χ2v) is 4.63. The van der Waals surface area contributed by atoms with Gasteiger partial charge in [-0.3, -0.25) is 5.10 Å². The van der Waals surface area contributed by atoms with E-state index in [1.807, 2.05) is 19.1 Å². The zero-order valence-electron chi connectivity index (χ0n) is 12.6. The van der Waals surface area contributed by atoms with Gasteiger partial charge in [-0.05, 0) is 37.6 Å². The minimum atomic E-state index is 0.635. The zero-order chi connectivity index (χ0) is 14.9. The van der Waals surface area contributed by atoms with E-state index in [1.165, 1.54) is 11.9 Å². The summed E-state index contributed by atoms with van der Waals surface area (Å²) in [6.07, 6.45) is 3.46. The average Bonchev–Trinajstić information content (AvgIpc) is 3.01. The fourth-order valence-corrected chi connectivity index (χ4v) is 2.06. The Morgan fingerprint density at radius 1 is 1.29 bits per heavy atom. The molecule has 1 aromatic carbocycles. The topological polar surface area (TPSA) is 72.1 Å². The Bertz CT molecular complexity index is 528. The van der Waals surface area contributed by atoms with Gasteiger partial charge in [0.05, 0.1) is 13.7 Å². The Labute approximate surface area is 124 Å². The zero-order valence-corrected chi connectivity index (χ0v) is 12.6. The van der Waals surface area contributed by atoms with Crippen molar-refractivity contribution in [3.63, 3.8) is 0 Å². The summed E-state index contributed by atoms with van der Waals surface area (Å²) in [5.41, 5.74) is 1.18. The molecule has 0 spiro atoms. The standard InChI is InChI=1S/C15H22N4O2/c1-3-21-13-7-6-12(9-14(13)20-2)10-16-8-4-5-15-17-11-18-19-15/h6-7,9,11,16H,3-5,8,10H2,1-2H3,(H,17,18,19). The molecule has 21 heavy (non-hydrogen) atoms. The monoisotopic (exact) mass is 290 g/mol. The van der Waals surface area contributed by atoms with Crippen LogP contribution in [-0.2, 0) is 13.0 Å². The van der Waals surface area contributed by atoms with Crippen molar-refractivity contribution in [2.75, 3.05) is 20.3 Å². The van der Waals surface area contributed by atoms with E-state index in [2.05, 4.69) is 26.6 Å². The molecule has 0 radical (unpaired) electrons. The average molecular weight is 290 g/mol. The number of hydrogen-bond acceptors (Lipinski definition) is 5. The molecule has 2 N–H and O–H groups in total. The third-order valence-electron chi connectivity index (χ3n) is 3.09. The minimum absolute atomic E-state index is 0.635. The van der Waals surface area contributed by atoms with Crippen LogP contribution in [0.5, 0.6) is 11.5 Å². The van der Waals surface area contributed by atoms with Gasteiger partial charge in [-0.2, -0.15) is 5.10 Å². The first-order valence-corrected chi connectivity index (χ1v) is 7.18. The van der Waals surface area contributed by atoms with E-state index in [1.54, 1.807) is 7.11 Å². The molecule has 2 aromatic rings. The summed E-state index contributed by atoms with van der Waals surface area (Å²) in [6.45, 7) is 4.33. The van der Waals surface area contributed by atoms with E-state index in [0.717, 1.165) is 43.3 Å². The fraction of sp³-hybridized carbons (Fsp3) is 0.467. The smallest absolute Gasteiger partial charge is 0.161 e. The highest BCUT2D eigenvalue weighted by Gasteiger charge is 2.05. The summed E-state index contributed by atoms with van der Waals surface area (Å²) in [4.78, 5) is 4.10. The molecule has 6 nitrogen and oxygen atoms in total. The van der Waals surface area contributed by atoms with Gasteiger partial charge < -0.3 is 14.8 Å². The summed E-state index contributed by atoms with van der Waals surface area (Å²) < 4.78 is 10.8. The van der Waals surface area contributed by atoms with E-state index >= 15 is 0 Å². The second-order valence-electron chi connectivity index (χ2n) is 4.63. The SMILES string of the molecule is CCOc1ccc(CNCCCc2ncn[nH]2)cc1OC. The number of hydrogen-bond donors (Lipinski definition) is 2. The molecular weight excluding hydrogens is 268 g/mol. The van der Waals surface area contributed by atoms with Crippen molar-refractivity contribution < 1.29 is 9.47 Å². The van der Waals surface area contributed by atoms with Gasteiger partial charge in [0, 0.05) is 13.0 Å². The van der Waals surface area contributed by atoms with Crippen LogP contribution in [0.2, 0.25) is 0 Å². The molecule has 0 saturated heterocycles. The van der Waals surface area contributed by atoms with E-state index in [9.17, 15) is 0 Å². The molecule has 0 amide bonds. The largest absolute Gasteiger partial charge is 0.493 e. The third kappa shape index (κ3) is 4.75. The maximum atomic E-state index is 5.51. The second kappa shape index (κ2) is 8.26. The number of benzene rings is 1. The molecule has 0 atom stereocenters. The van der Waals surface area contributed by atoms with Crippen molar-refractivity contribution in [3.05, 3.63) is 35.9 Å². The third-order valence-corrected chi connectivity index (χ3v) is 3.09. The molecule has 0 bridgehead atoms. The van der Waals surface area contributed by atoms with E-state index < -0.39 is 0 Å². The predicted octanol–water partition coefficient (Wildman–Crippen LogP) is 1.93. The van der Waals surface area contributed by atoms with Gasteiger partial charge in [0.25, 0.3) is 0 Å². The molecule has 1 heterocycles. The summed E-state index contributed by atoms with van der Waals surface area (Å²) in [6, 6.07) is 6.01. The number of aromatic amines is 1. The maximum absolute atomic E-state index is 5.51. The van der Waals surface area contributed by atoms with Gasteiger partial charge in [-0.1, -0.05) is 6.07 Å². The lowest BCUT2D eigenvalue weighted by atomic mass is 10.2. The van der Waals surface area contributed by atoms with Gasteiger partial charge in [-0.15, -0.1) is 0 Å². The van der Waals surface area contributed by atoms with Crippen LogP contribution in [-0.4, -0.2) is 35.4 Å². The lowest BCUT2D eigenvalue weighted by Crippen LogP contribution is -2.15. The molecule has 1 aromatic heterocycles. The van der Waals surface area contributed by atoms with Crippen LogP contribution < -0.4 is 14.8 Å². The van der Waals surface area contributed by atoms with Crippen LogP contribution in [0.25, 0.3) is 0 Å². The number of nitrogens with zero attached hydrogens (tertiary/aromatic N) is 2. The molecule has 2 rings (SSSR count). The number of H-pyrrole nitrogens is 1. The molecule has 0 saturated carbocycles. The molecule has 114 valence electrons. The van der Waals surface area contributed by atoms with Crippen LogP contribution in [0, 0.1) is 0 Å². The number of methoxy groups -OCH3 is 1. The highest BCUT2D eigenvalue weighted by molar-refractivity contribution is 5.42. The molecule has 0 aliphatic heterocycles. The van der Waals surface area contributed by atoms with Crippen molar-refractivity contribution in [1.29, 1.82) is 0 Å². The van der Waals surface area contributed by atoms with Crippen molar-refractivity contribution in [3.8, 4) is 11.5 Å². The lowest BCUT2D eigenvalue weighted by molar-refractivity contribution is 0.310. The minimum Gasteiger partial charge on any atom is -0.493 e. The summed E-state index contributed by atoms with van der Waals surface area (Å²) in [7, 11) is 1.66. The first-order valence-electron chi connectivity index (χ1n) is 7.18. The predicted molar refractivity (Wildman–Crippen MR) is 80.6 cm³/mol. The van der Waals surface area contributed by atoms with Crippen molar-refractivity contribution in [2.24, 2.45) is 0 Å². The number of ether oxygens (including phenoxy) is 2. The Morgan fingerprint density at radius 2 is 2.19 bits per heavy atom. The van der Waals surface area contributed by atoms with E-state index in [4.69, 9.17) is 9.47 Å². The van der Waals surface area contributed by atoms with Gasteiger partial charge in [-0.25, -0.2) is 4.98 Å². The van der Waals surface area contributed by atoms with Gasteiger partial charge in [0.2, 0.25) is 0 Å². The van der Waals surface area contributed by atoms with E-state index in [0.29, 0.717) is 6.61 Å². The van der Waals surface area contributed by atoms with Crippen LogP contribution in [0.3, 0.4) is 0 Å². The Hall–Kier alpha value is -2.08. The van der Waals surface area contributed by atoms with Crippen LogP contribution in [0.15, 0.2) is 24.5 Å². The lowest BCUT2D eigenvalue weighted by Gasteiger charge is -2.11. The molecule has 0 aliphatic rings. The van der Waals surface area contributed by atoms with Crippen molar-refractivity contribution in [1.82, 2.24) is 20.5 Å². The van der Waals surface area contributed by atoms with Crippen LogP contribution in [0.4, 0.5) is 0 Å². The van der Waals surface area contributed by atoms with Gasteiger partial charge >= 0.3 is 0 Å².